The Bertz CT molecular complexity index is 670. The van der Waals surface area contributed by atoms with Gasteiger partial charge in [0.05, 0.1) is 25.2 Å². The number of rotatable bonds is 9. The Balaban J connectivity index is 1.98. The molecule has 0 aliphatic heterocycles. The maximum atomic E-state index is 12.5. The van der Waals surface area contributed by atoms with Crippen LogP contribution in [0.3, 0.4) is 0 Å². The normalized spacial score (nSPS) is 14.3. The predicted molar refractivity (Wildman–Crippen MR) is 104 cm³/mol. The first-order chi connectivity index (χ1) is 12.5. The van der Waals surface area contributed by atoms with Gasteiger partial charge in [0.1, 0.15) is 5.75 Å². The van der Waals surface area contributed by atoms with Crippen LogP contribution in [-0.2, 0) is 4.79 Å². The number of hydrogen-bond donors (Lipinski definition) is 2. The predicted octanol–water partition coefficient (Wildman–Crippen LogP) is 4.06. The van der Waals surface area contributed by atoms with Crippen molar-refractivity contribution in [1.29, 1.82) is 0 Å². The molecule has 4 heteroatoms. The highest BCUT2D eigenvalue weighted by Gasteiger charge is 2.19. The highest BCUT2D eigenvalue weighted by Crippen LogP contribution is 2.21. The van der Waals surface area contributed by atoms with Crippen LogP contribution in [0.15, 0.2) is 54.6 Å². The molecule has 3 atom stereocenters. The molecule has 0 aliphatic rings. The van der Waals surface area contributed by atoms with Crippen LogP contribution in [0, 0.1) is 5.92 Å². The number of carbonyl (C=O) groups is 1. The largest absolute Gasteiger partial charge is 0.493 e. The molecule has 140 valence electrons. The summed E-state index contributed by atoms with van der Waals surface area (Å²) in [7, 11) is 0. The minimum absolute atomic E-state index is 0.104. The first-order valence-corrected chi connectivity index (χ1v) is 9.24. The maximum Gasteiger partial charge on any atom is 0.227 e. The van der Waals surface area contributed by atoms with Crippen molar-refractivity contribution in [2.75, 3.05) is 13.2 Å². The average Bonchev–Trinajstić information content (AvgIpc) is 2.70. The van der Waals surface area contributed by atoms with Gasteiger partial charge in [0, 0.05) is 0 Å². The maximum absolute atomic E-state index is 12.5. The second-order valence-electron chi connectivity index (χ2n) is 6.77. The van der Waals surface area contributed by atoms with Crippen molar-refractivity contribution in [1.82, 2.24) is 5.32 Å². The molecule has 0 bridgehead atoms. The summed E-state index contributed by atoms with van der Waals surface area (Å²) >= 11 is 0. The topological polar surface area (TPSA) is 58.6 Å². The molecule has 0 fully saturated rings. The number of nitrogens with one attached hydrogen (secondary N) is 1. The van der Waals surface area contributed by atoms with Crippen LogP contribution < -0.4 is 10.1 Å². The van der Waals surface area contributed by atoms with Gasteiger partial charge >= 0.3 is 0 Å². The number of amides is 1. The third-order valence-electron chi connectivity index (χ3n) is 4.71. The number of aliphatic hydroxyl groups is 1. The van der Waals surface area contributed by atoms with Gasteiger partial charge in [0.15, 0.2) is 0 Å². The van der Waals surface area contributed by atoms with Crippen molar-refractivity contribution in [3.05, 3.63) is 65.7 Å². The lowest BCUT2D eigenvalue weighted by Gasteiger charge is -2.20. The highest BCUT2D eigenvalue weighted by molar-refractivity contribution is 5.83. The Morgan fingerprint density at radius 1 is 1.04 bits per heavy atom. The Kier molecular flexibility index (Phi) is 7.67. The second-order valence-corrected chi connectivity index (χ2v) is 6.77. The zero-order valence-electron chi connectivity index (χ0n) is 15.8. The Morgan fingerprint density at radius 3 is 2.27 bits per heavy atom. The molecular weight excluding hydrogens is 326 g/mol. The SMILES string of the molecule is CC[C@H](C)COc1ccc([C@H](CO)NC(=O)C(C)c2ccccc2)cc1. The first kappa shape index (κ1) is 20.0. The summed E-state index contributed by atoms with van der Waals surface area (Å²) in [5, 5.41) is 12.6. The molecule has 0 saturated heterocycles. The monoisotopic (exact) mass is 355 g/mol. The molecule has 2 N–H and O–H groups in total. The quantitative estimate of drug-likeness (QED) is 0.713. The van der Waals surface area contributed by atoms with E-state index in [1.54, 1.807) is 0 Å². The number of carbonyl (C=O) groups excluding carboxylic acids is 1. The van der Waals surface area contributed by atoms with E-state index in [0.717, 1.165) is 23.3 Å². The lowest BCUT2D eigenvalue weighted by Crippen LogP contribution is -2.33. The summed E-state index contributed by atoms with van der Waals surface area (Å²) in [6.45, 7) is 6.69. The standard InChI is InChI=1S/C22H29NO3/c1-4-16(2)15-26-20-12-10-19(11-13-20)21(14-24)23-22(25)17(3)18-8-6-5-7-9-18/h5-13,16-17,21,24H,4,14-15H2,1-3H3,(H,23,25)/t16-,17?,21-/m0/s1. The number of hydrogen-bond acceptors (Lipinski definition) is 3. The van der Waals surface area contributed by atoms with Crippen molar-refractivity contribution in [2.45, 2.75) is 39.2 Å². The van der Waals surface area contributed by atoms with E-state index in [0.29, 0.717) is 12.5 Å². The number of benzene rings is 2. The van der Waals surface area contributed by atoms with E-state index in [9.17, 15) is 9.90 Å². The summed E-state index contributed by atoms with van der Waals surface area (Å²) in [5.41, 5.74) is 1.81. The first-order valence-electron chi connectivity index (χ1n) is 9.24. The van der Waals surface area contributed by atoms with Gasteiger partial charge in [-0.15, -0.1) is 0 Å². The van der Waals surface area contributed by atoms with Gasteiger partial charge in [0.25, 0.3) is 0 Å². The van der Waals surface area contributed by atoms with Crippen molar-refractivity contribution in [3.8, 4) is 5.75 Å². The van der Waals surface area contributed by atoms with Crippen LogP contribution in [0.1, 0.15) is 50.3 Å². The Labute approximate surface area is 156 Å². The Hall–Kier alpha value is -2.33. The van der Waals surface area contributed by atoms with E-state index in [2.05, 4.69) is 19.2 Å². The summed E-state index contributed by atoms with van der Waals surface area (Å²) < 4.78 is 5.75. The minimum Gasteiger partial charge on any atom is -0.493 e. The third-order valence-corrected chi connectivity index (χ3v) is 4.71. The second kappa shape index (κ2) is 9.97. The van der Waals surface area contributed by atoms with Crippen LogP contribution >= 0.6 is 0 Å². The zero-order valence-corrected chi connectivity index (χ0v) is 15.8. The molecule has 0 radical (unpaired) electrons. The van der Waals surface area contributed by atoms with Gasteiger partial charge in [-0.2, -0.15) is 0 Å². The summed E-state index contributed by atoms with van der Waals surface area (Å²) in [4.78, 5) is 12.5. The third kappa shape index (κ3) is 5.60. The average molecular weight is 355 g/mol. The molecule has 26 heavy (non-hydrogen) atoms. The molecule has 1 unspecified atom stereocenters. The van der Waals surface area contributed by atoms with Gasteiger partial charge in [-0.1, -0.05) is 62.7 Å². The van der Waals surface area contributed by atoms with E-state index in [-0.39, 0.29) is 18.4 Å². The lowest BCUT2D eigenvalue weighted by atomic mass is 9.99. The van der Waals surface area contributed by atoms with Crippen LogP contribution in [0.25, 0.3) is 0 Å². The molecule has 0 saturated carbocycles. The molecule has 2 aromatic carbocycles. The van der Waals surface area contributed by atoms with Crippen molar-refractivity contribution < 1.29 is 14.6 Å². The molecule has 4 nitrogen and oxygen atoms in total. The molecule has 1 amide bonds. The summed E-state index contributed by atoms with van der Waals surface area (Å²) in [6, 6.07) is 16.7. The summed E-state index contributed by atoms with van der Waals surface area (Å²) in [5.74, 6) is 0.934. The number of ether oxygens (including phenoxy) is 1. The van der Waals surface area contributed by atoms with Crippen LogP contribution in [0.4, 0.5) is 0 Å². The molecule has 2 rings (SSSR count). The zero-order chi connectivity index (χ0) is 18.9. The fourth-order valence-electron chi connectivity index (χ4n) is 2.58. The molecule has 0 spiro atoms. The van der Waals surface area contributed by atoms with Crippen LogP contribution in [-0.4, -0.2) is 24.2 Å². The van der Waals surface area contributed by atoms with E-state index in [4.69, 9.17) is 4.74 Å². The minimum atomic E-state index is -0.433. The van der Waals surface area contributed by atoms with Crippen LogP contribution in [0.5, 0.6) is 5.75 Å². The lowest BCUT2D eigenvalue weighted by molar-refractivity contribution is -0.123. The van der Waals surface area contributed by atoms with Gasteiger partial charge < -0.3 is 15.2 Å². The van der Waals surface area contributed by atoms with E-state index in [1.807, 2.05) is 61.5 Å². The van der Waals surface area contributed by atoms with E-state index >= 15 is 0 Å². The fraction of sp³-hybridized carbons (Fsp3) is 0.409. The smallest absolute Gasteiger partial charge is 0.227 e. The van der Waals surface area contributed by atoms with E-state index < -0.39 is 6.04 Å². The molecule has 0 heterocycles. The molecule has 0 aliphatic carbocycles. The van der Waals surface area contributed by atoms with Crippen molar-refractivity contribution >= 4 is 5.91 Å². The molecule has 2 aromatic rings. The summed E-state index contributed by atoms with van der Waals surface area (Å²) in [6.07, 6.45) is 1.08. The van der Waals surface area contributed by atoms with Gasteiger partial charge in [-0.3, -0.25) is 4.79 Å². The molecular formula is C22H29NO3. The van der Waals surface area contributed by atoms with Crippen molar-refractivity contribution in [2.24, 2.45) is 5.92 Å². The van der Waals surface area contributed by atoms with Crippen molar-refractivity contribution in [3.63, 3.8) is 0 Å². The number of aliphatic hydroxyl groups excluding tert-OH is 1. The Morgan fingerprint density at radius 2 is 1.69 bits per heavy atom. The van der Waals surface area contributed by atoms with E-state index in [1.165, 1.54) is 0 Å². The highest BCUT2D eigenvalue weighted by atomic mass is 16.5. The van der Waals surface area contributed by atoms with Crippen LogP contribution in [0.2, 0.25) is 0 Å². The van der Waals surface area contributed by atoms with Gasteiger partial charge in [-0.25, -0.2) is 0 Å². The fourth-order valence-corrected chi connectivity index (χ4v) is 2.58. The molecule has 0 aromatic heterocycles. The van der Waals surface area contributed by atoms with Gasteiger partial charge in [-0.05, 0) is 36.1 Å². The van der Waals surface area contributed by atoms with Gasteiger partial charge in [0.2, 0.25) is 5.91 Å².